The third-order valence-corrected chi connectivity index (χ3v) is 3.81. The van der Waals surface area contributed by atoms with Crippen LogP contribution in [0.2, 0.25) is 0 Å². The number of aromatic nitrogens is 2. The van der Waals surface area contributed by atoms with Gasteiger partial charge in [0.15, 0.2) is 0 Å². The van der Waals surface area contributed by atoms with E-state index in [9.17, 15) is 4.79 Å². The number of nitrogens with zero attached hydrogens (tertiary/aromatic N) is 3. The topological polar surface area (TPSA) is 129 Å². The maximum Gasteiger partial charge on any atom is 0.233 e. The van der Waals surface area contributed by atoms with E-state index in [1.807, 2.05) is 0 Å². The van der Waals surface area contributed by atoms with Gasteiger partial charge in [-0.15, -0.1) is 0 Å². The van der Waals surface area contributed by atoms with Crippen LogP contribution in [0.3, 0.4) is 0 Å². The highest BCUT2D eigenvalue weighted by Crippen LogP contribution is 2.17. The number of unbranched alkanes of at least 4 members (excludes halogenated alkanes) is 1. The maximum absolute atomic E-state index is 11.1. The van der Waals surface area contributed by atoms with Crippen molar-refractivity contribution in [2.24, 2.45) is 5.73 Å². The molecule has 1 heterocycles. The van der Waals surface area contributed by atoms with Gasteiger partial charge in [-0.1, -0.05) is 18.8 Å². The highest BCUT2D eigenvalue weighted by Gasteiger charge is 2.06. The summed E-state index contributed by atoms with van der Waals surface area (Å²) < 4.78 is 0. The molecule has 0 saturated heterocycles. The fourth-order valence-corrected chi connectivity index (χ4v) is 2.30. The Labute approximate surface area is 170 Å². The average Bonchev–Trinajstić information content (AvgIpc) is 2.75. The molecule has 0 spiro atoms. The molecule has 5 N–H and O–H groups in total. The predicted molar refractivity (Wildman–Crippen MR) is 113 cm³/mol. The number of carbonyl (C=O) groups excluding carboxylic acids is 1. The maximum atomic E-state index is 11.1. The molecular weight excluding hydrogens is 366 g/mol. The van der Waals surface area contributed by atoms with E-state index in [0.717, 1.165) is 30.6 Å². The van der Waals surface area contributed by atoms with Gasteiger partial charge in [-0.3, -0.25) is 4.79 Å². The summed E-state index contributed by atoms with van der Waals surface area (Å²) in [5.41, 5.74) is 7.35. The van der Waals surface area contributed by atoms with Crippen LogP contribution in [0, 0.1) is 23.2 Å². The normalized spacial score (nSPS) is 9.69. The molecule has 0 aliphatic carbocycles. The van der Waals surface area contributed by atoms with Gasteiger partial charge < -0.3 is 21.7 Å². The molecule has 0 unspecified atom stereocenters. The number of nitriles is 1. The van der Waals surface area contributed by atoms with Crippen LogP contribution in [-0.4, -0.2) is 35.5 Å². The van der Waals surface area contributed by atoms with E-state index in [-0.39, 0.29) is 12.5 Å². The minimum Gasteiger partial charge on any atom is -0.369 e. The number of anilines is 3. The lowest BCUT2D eigenvalue weighted by molar-refractivity contribution is -0.119. The van der Waals surface area contributed by atoms with Crippen molar-refractivity contribution in [1.29, 1.82) is 5.26 Å². The smallest absolute Gasteiger partial charge is 0.233 e. The van der Waals surface area contributed by atoms with Crippen molar-refractivity contribution in [3.63, 3.8) is 0 Å². The van der Waals surface area contributed by atoms with Crippen LogP contribution >= 0.6 is 0 Å². The summed E-state index contributed by atoms with van der Waals surface area (Å²) >= 11 is 0. The van der Waals surface area contributed by atoms with E-state index in [4.69, 9.17) is 11.0 Å². The molecule has 0 aliphatic heterocycles. The highest BCUT2D eigenvalue weighted by atomic mass is 16.1. The molecule has 1 aromatic heterocycles. The summed E-state index contributed by atoms with van der Waals surface area (Å²) in [4.78, 5) is 19.9. The van der Waals surface area contributed by atoms with Crippen LogP contribution < -0.4 is 21.7 Å². The highest BCUT2D eigenvalue weighted by molar-refractivity contribution is 5.77. The lowest BCUT2D eigenvalue weighted by Crippen LogP contribution is -2.30. The van der Waals surface area contributed by atoms with Crippen LogP contribution in [0.4, 0.5) is 17.5 Å². The quantitative estimate of drug-likeness (QED) is 0.381. The monoisotopic (exact) mass is 391 g/mol. The fourth-order valence-electron chi connectivity index (χ4n) is 2.30. The first-order valence-electron chi connectivity index (χ1n) is 9.50. The molecule has 0 atom stereocenters. The Morgan fingerprint density at radius 1 is 1.24 bits per heavy atom. The number of hydrogen-bond acceptors (Lipinski definition) is 7. The van der Waals surface area contributed by atoms with Crippen LogP contribution in [0.15, 0.2) is 30.5 Å². The minimum absolute atomic E-state index is 0.00166. The first-order chi connectivity index (χ1) is 14.2. The van der Waals surface area contributed by atoms with E-state index < -0.39 is 0 Å². The van der Waals surface area contributed by atoms with Gasteiger partial charge in [0.05, 0.1) is 29.9 Å². The Bertz CT molecular complexity index is 907. The van der Waals surface area contributed by atoms with Crippen molar-refractivity contribution in [2.45, 2.75) is 26.2 Å². The van der Waals surface area contributed by atoms with Gasteiger partial charge in [-0.2, -0.15) is 10.2 Å². The Hall–Kier alpha value is -3.62. The van der Waals surface area contributed by atoms with E-state index in [1.54, 1.807) is 30.5 Å². The molecule has 29 heavy (non-hydrogen) atoms. The second-order valence-electron chi connectivity index (χ2n) is 6.16. The standard InChI is InChI=1S/C21H25N7O/c1-2-11-25-20-17(6-4-3-5-12-24-19(29)14-23)15-26-21(28-20)27-18-9-7-16(13-22)8-10-18/h7-10,15H,2-3,5,11-12,14,23H2,1H3,(H,24,29)(H2,25,26,27,28). The zero-order chi connectivity index (χ0) is 20.9. The summed E-state index contributed by atoms with van der Waals surface area (Å²) in [6.45, 7) is 3.39. The fraction of sp³-hybridized carbons (Fsp3) is 0.333. The van der Waals surface area contributed by atoms with E-state index in [2.05, 4.69) is 50.8 Å². The zero-order valence-electron chi connectivity index (χ0n) is 16.5. The molecule has 1 aromatic carbocycles. The Morgan fingerprint density at radius 3 is 2.72 bits per heavy atom. The first-order valence-corrected chi connectivity index (χ1v) is 9.50. The van der Waals surface area contributed by atoms with E-state index in [1.165, 1.54) is 0 Å². The first kappa shape index (κ1) is 21.7. The number of nitrogens with two attached hydrogens (primary N) is 1. The second-order valence-corrected chi connectivity index (χ2v) is 6.16. The lowest BCUT2D eigenvalue weighted by Gasteiger charge is -2.10. The Balaban J connectivity index is 2.03. The van der Waals surface area contributed by atoms with Crippen molar-refractivity contribution in [1.82, 2.24) is 15.3 Å². The van der Waals surface area contributed by atoms with Crippen LogP contribution in [0.5, 0.6) is 0 Å². The molecule has 0 bridgehead atoms. The molecule has 1 amide bonds. The molecule has 0 radical (unpaired) electrons. The lowest BCUT2D eigenvalue weighted by atomic mass is 10.2. The van der Waals surface area contributed by atoms with E-state index >= 15 is 0 Å². The van der Waals surface area contributed by atoms with Crippen molar-refractivity contribution in [2.75, 3.05) is 30.3 Å². The third-order valence-electron chi connectivity index (χ3n) is 3.81. The molecule has 0 saturated carbocycles. The average molecular weight is 391 g/mol. The summed E-state index contributed by atoms with van der Waals surface area (Å²) in [5.74, 6) is 7.13. The number of benzene rings is 1. The van der Waals surface area contributed by atoms with Gasteiger partial charge in [0.2, 0.25) is 11.9 Å². The van der Waals surface area contributed by atoms with Gasteiger partial charge in [-0.25, -0.2) is 4.98 Å². The molecule has 0 fully saturated rings. The van der Waals surface area contributed by atoms with Crippen LogP contribution in [-0.2, 0) is 4.79 Å². The van der Waals surface area contributed by atoms with Crippen molar-refractivity contribution < 1.29 is 4.79 Å². The number of rotatable bonds is 9. The number of amides is 1. The van der Waals surface area contributed by atoms with Crippen molar-refractivity contribution in [3.05, 3.63) is 41.6 Å². The van der Waals surface area contributed by atoms with Gasteiger partial charge >= 0.3 is 0 Å². The summed E-state index contributed by atoms with van der Waals surface area (Å²) in [6.07, 6.45) is 4.02. The zero-order valence-corrected chi connectivity index (χ0v) is 16.5. The number of hydrogen-bond donors (Lipinski definition) is 4. The molecule has 150 valence electrons. The largest absolute Gasteiger partial charge is 0.369 e. The van der Waals surface area contributed by atoms with Crippen LogP contribution in [0.25, 0.3) is 0 Å². The van der Waals surface area contributed by atoms with Gasteiger partial charge in [0.1, 0.15) is 5.82 Å². The molecule has 0 aliphatic rings. The molecule has 8 heteroatoms. The molecule has 2 aromatic rings. The number of carbonyl (C=O) groups is 1. The van der Waals surface area contributed by atoms with E-state index in [0.29, 0.717) is 30.3 Å². The Kier molecular flexibility index (Phi) is 8.94. The molecule has 2 rings (SSSR count). The second kappa shape index (κ2) is 12.0. The summed E-state index contributed by atoms with van der Waals surface area (Å²) in [7, 11) is 0. The summed E-state index contributed by atoms with van der Waals surface area (Å²) in [6, 6.07) is 9.16. The van der Waals surface area contributed by atoms with Crippen LogP contribution in [0.1, 0.15) is 37.3 Å². The van der Waals surface area contributed by atoms with Gasteiger partial charge in [-0.05, 0) is 37.1 Å². The predicted octanol–water partition coefficient (Wildman–Crippen LogP) is 2.12. The molecule has 8 nitrogen and oxygen atoms in total. The van der Waals surface area contributed by atoms with Crippen molar-refractivity contribution in [3.8, 4) is 17.9 Å². The number of nitrogens with one attached hydrogen (secondary N) is 3. The molecular formula is C21H25N7O. The van der Waals surface area contributed by atoms with Crippen molar-refractivity contribution >= 4 is 23.4 Å². The minimum atomic E-state index is -0.164. The summed E-state index contributed by atoms with van der Waals surface area (Å²) in [5, 5.41) is 18.0. The van der Waals surface area contributed by atoms with Gasteiger partial charge in [0.25, 0.3) is 0 Å². The SMILES string of the molecule is CCCNc1nc(Nc2ccc(C#N)cc2)ncc1C#CCCCNC(=O)CN. The Morgan fingerprint density at radius 2 is 2.03 bits per heavy atom. The van der Waals surface area contributed by atoms with Gasteiger partial charge in [0, 0.05) is 25.2 Å². The third kappa shape index (κ3) is 7.49.